The number of hydrogen-bond acceptors (Lipinski definition) is 3. The van der Waals surface area contributed by atoms with Gasteiger partial charge in [0.05, 0.1) is 0 Å². The van der Waals surface area contributed by atoms with Crippen LogP contribution in [0, 0.1) is 0 Å². The predicted octanol–water partition coefficient (Wildman–Crippen LogP) is 2.07. The summed E-state index contributed by atoms with van der Waals surface area (Å²) in [6, 6.07) is 0. The second-order valence-electron chi connectivity index (χ2n) is 2.67. The van der Waals surface area contributed by atoms with Gasteiger partial charge in [-0.3, -0.25) is 0 Å². The van der Waals surface area contributed by atoms with E-state index in [0.717, 1.165) is 19.3 Å². The molecular formula is C6H12S3. The molecule has 1 aliphatic carbocycles. The lowest BCUT2D eigenvalue weighted by Crippen LogP contribution is -2.23. The Morgan fingerprint density at radius 2 is 0.889 bits per heavy atom. The van der Waals surface area contributed by atoms with E-state index in [1.807, 2.05) is 0 Å². The quantitative estimate of drug-likeness (QED) is 0.467. The molecule has 0 amide bonds. The molecule has 0 bridgehead atoms. The number of rotatable bonds is 0. The van der Waals surface area contributed by atoms with E-state index >= 15 is 0 Å². The lowest BCUT2D eigenvalue weighted by Gasteiger charge is -2.26. The number of hydrogen-bond donors (Lipinski definition) is 3. The first-order valence-corrected chi connectivity index (χ1v) is 4.77. The van der Waals surface area contributed by atoms with Crippen molar-refractivity contribution < 1.29 is 0 Å². The van der Waals surface area contributed by atoms with Crippen molar-refractivity contribution in [3.8, 4) is 0 Å². The van der Waals surface area contributed by atoms with E-state index in [0.29, 0.717) is 15.7 Å². The monoisotopic (exact) mass is 180 g/mol. The van der Waals surface area contributed by atoms with Crippen molar-refractivity contribution in [3.05, 3.63) is 0 Å². The molecule has 1 fully saturated rings. The van der Waals surface area contributed by atoms with E-state index < -0.39 is 0 Å². The Balaban J connectivity index is 2.34. The molecule has 0 atom stereocenters. The minimum absolute atomic E-state index is 0.531. The SMILES string of the molecule is SC1CC(S)CC(S)C1. The summed E-state index contributed by atoms with van der Waals surface area (Å²) in [6.45, 7) is 0. The summed E-state index contributed by atoms with van der Waals surface area (Å²) in [5.41, 5.74) is 0. The van der Waals surface area contributed by atoms with Crippen LogP contribution in [-0.4, -0.2) is 15.7 Å². The molecular weight excluding hydrogens is 168 g/mol. The Labute approximate surface area is 73.0 Å². The van der Waals surface area contributed by atoms with Crippen LogP contribution in [0.15, 0.2) is 0 Å². The van der Waals surface area contributed by atoms with Gasteiger partial charge < -0.3 is 0 Å². The molecule has 0 spiro atoms. The largest absolute Gasteiger partial charge is 0.176 e. The number of thiol groups is 3. The van der Waals surface area contributed by atoms with E-state index in [-0.39, 0.29) is 0 Å². The molecule has 0 aromatic rings. The first-order chi connectivity index (χ1) is 4.18. The zero-order valence-corrected chi connectivity index (χ0v) is 7.88. The first kappa shape index (κ1) is 8.15. The third-order valence-electron chi connectivity index (χ3n) is 1.63. The Morgan fingerprint density at radius 1 is 0.667 bits per heavy atom. The van der Waals surface area contributed by atoms with Crippen LogP contribution >= 0.6 is 37.9 Å². The second kappa shape index (κ2) is 3.44. The van der Waals surface area contributed by atoms with Crippen molar-refractivity contribution in [1.82, 2.24) is 0 Å². The van der Waals surface area contributed by atoms with Crippen LogP contribution < -0.4 is 0 Å². The third-order valence-corrected chi connectivity index (χ3v) is 2.90. The fourth-order valence-electron chi connectivity index (χ4n) is 1.23. The zero-order chi connectivity index (χ0) is 6.85. The van der Waals surface area contributed by atoms with Crippen molar-refractivity contribution in [1.29, 1.82) is 0 Å². The van der Waals surface area contributed by atoms with Crippen molar-refractivity contribution in [2.75, 3.05) is 0 Å². The third kappa shape index (κ3) is 2.64. The van der Waals surface area contributed by atoms with Crippen LogP contribution in [0.3, 0.4) is 0 Å². The average Bonchev–Trinajstić information content (AvgIpc) is 1.59. The first-order valence-electron chi connectivity index (χ1n) is 3.22. The van der Waals surface area contributed by atoms with Crippen LogP contribution in [0.25, 0.3) is 0 Å². The summed E-state index contributed by atoms with van der Waals surface area (Å²) < 4.78 is 0. The summed E-state index contributed by atoms with van der Waals surface area (Å²) in [5, 5.41) is 1.59. The molecule has 54 valence electrons. The van der Waals surface area contributed by atoms with Crippen LogP contribution in [0.2, 0.25) is 0 Å². The highest BCUT2D eigenvalue weighted by Gasteiger charge is 2.21. The summed E-state index contributed by atoms with van der Waals surface area (Å²) in [6.07, 6.45) is 3.43. The standard InChI is InChI=1S/C6H12S3/c7-4-1-5(8)3-6(9)2-4/h4-9H,1-3H2. The zero-order valence-electron chi connectivity index (χ0n) is 5.20. The average molecular weight is 180 g/mol. The van der Waals surface area contributed by atoms with E-state index in [9.17, 15) is 0 Å². The van der Waals surface area contributed by atoms with Gasteiger partial charge in [0.15, 0.2) is 0 Å². The maximum absolute atomic E-state index is 4.38. The van der Waals surface area contributed by atoms with Crippen LogP contribution in [0.1, 0.15) is 19.3 Å². The summed E-state index contributed by atoms with van der Waals surface area (Å²) in [7, 11) is 0. The Morgan fingerprint density at radius 3 is 1.11 bits per heavy atom. The van der Waals surface area contributed by atoms with Gasteiger partial charge in [-0.25, -0.2) is 0 Å². The van der Waals surface area contributed by atoms with Crippen LogP contribution in [-0.2, 0) is 0 Å². The predicted molar refractivity (Wildman–Crippen MR) is 52.2 cm³/mol. The highest BCUT2D eigenvalue weighted by molar-refractivity contribution is 7.82. The van der Waals surface area contributed by atoms with E-state index in [2.05, 4.69) is 37.9 Å². The molecule has 0 saturated heterocycles. The molecule has 0 nitrogen and oxygen atoms in total. The smallest absolute Gasteiger partial charge is 0.00376 e. The van der Waals surface area contributed by atoms with E-state index in [1.165, 1.54) is 0 Å². The van der Waals surface area contributed by atoms with Gasteiger partial charge in [0, 0.05) is 15.7 Å². The van der Waals surface area contributed by atoms with Crippen LogP contribution in [0.4, 0.5) is 0 Å². The Bertz CT molecular complexity index is 69.3. The van der Waals surface area contributed by atoms with Crippen molar-refractivity contribution in [2.45, 2.75) is 35.0 Å². The van der Waals surface area contributed by atoms with Gasteiger partial charge in [-0.2, -0.15) is 37.9 Å². The topological polar surface area (TPSA) is 0 Å². The molecule has 9 heavy (non-hydrogen) atoms. The molecule has 1 aliphatic rings. The van der Waals surface area contributed by atoms with Gasteiger partial charge in [0.2, 0.25) is 0 Å². The normalized spacial score (nSPS) is 45.0. The molecule has 0 heterocycles. The van der Waals surface area contributed by atoms with Gasteiger partial charge >= 0.3 is 0 Å². The van der Waals surface area contributed by atoms with Gasteiger partial charge in [0.25, 0.3) is 0 Å². The molecule has 3 heteroatoms. The Hall–Kier alpha value is 1.05. The highest BCUT2D eigenvalue weighted by Crippen LogP contribution is 2.29. The minimum atomic E-state index is 0.531. The molecule has 0 aromatic carbocycles. The van der Waals surface area contributed by atoms with Crippen LogP contribution in [0.5, 0.6) is 0 Å². The second-order valence-corrected chi connectivity index (χ2v) is 4.86. The van der Waals surface area contributed by atoms with E-state index in [1.54, 1.807) is 0 Å². The highest BCUT2D eigenvalue weighted by atomic mass is 32.1. The minimum Gasteiger partial charge on any atom is -0.176 e. The fraction of sp³-hybridized carbons (Fsp3) is 1.00. The lowest BCUT2D eigenvalue weighted by atomic mass is 9.99. The maximum Gasteiger partial charge on any atom is 0.00376 e. The molecule has 0 unspecified atom stereocenters. The summed E-state index contributed by atoms with van der Waals surface area (Å²) >= 11 is 13.1. The van der Waals surface area contributed by atoms with Crippen molar-refractivity contribution >= 4 is 37.9 Å². The van der Waals surface area contributed by atoms with Gasteiger partial charge in [0.1, 0.15) is 0 Å². The van der Waals surface area contributed by atoms with Gasteiger partial charge in [-0.1, -0.05) is 0 Å². The molecule has 1 saturated carbocycles. The molecule has 0 radical (unpaired) electrons. The molecule has 1 rings (SSSR count). The summed E-state index contributed by atoms with van der Waals surface area (Å²) in [4.78, 5) is 0. The molecule has 0 aromatic heterocycles. The summed E-state index contributed by atoms with van der Waals surface area (Å²) in [5.74, 6) is 0. The lowest BCUT2D eigenvalue weighted by molar-refractivity contribution is 0.547. The van der Waals surface area contributed by atoms with Gasteiger partial charge in [-0.05, 0) is 19.3 Å². The molecule has 0 N–H and O–H groups in total. The fourth-order valence-corrected chi connectivity index (χ4v) is 3.26. The van der Waals surface area contributed by atoms with Gasteiger partial charge in [-0.15, -0.1) is 0 Å². The molecule has 0 aliphatic heterocycles. The maximum atomic E-state index is 4.38. The Kier molecular flexibility index (Phi) is 3.12. The van der Waals surface area contributed by atoms with Crippen molar-refractivity contribution in [3.63, 3.8) is 0 Å². The van der Waals surface area contributed by atoms with E-state index in [4.69, 9.17) is 0 Å². The van der Waals surface area contributed by atoms with Crippen molar-refractivity contribution in [2.24, 2.45) is 0 Å².